The molecule has 0 nitrogen and oxygen atoms in total. The molecule has 0 aromatic carbocycles. The van der Waals surface area contributed by atoms with E-state index >= 15 is 0 Å². The summed E-state index contributed by atoms with van der Waals surface area (Å²) in [6, 6.07) is 0. The maximum atomic E-state index is 2.25. The van der Waals surface area contributed by atoms with Crippen molar-refractivity contribution in [2.75, 3.05) is 0 Å². The van der Waals surface area contributed by atoms with Crippen LogP contribution in [-0.4, -0.2) is 0 Å². The Morgan fingerprint density at radius 3 is 1.86 bits per heavy atom. The van der Waals surface area contributed by atoms with Gasteiger partial charge in [0.25, 0.3) is 0 Å². The molecule has 0 bridgehead atoms. The van der Waals surface area contributed by atoms with E-state index in [4.69, 9.17) is 0 Å². The van der Waals surface area contributed by atoms with E-state index < -0.39 is 0 Å². The zero-order valence-corrected chi connectivity index (χ0v) is 8.60. The van der Waals surface area contributed by atoms with Crippen molar-refractivity contribution in [3.05, 3.63) is 60.8 Å². The molecule has 0 heteroatoms. The topological polar surface area (TPSA) is 0 Å². The molecule has 0 spiro atoms. The molecule has 0 heterocycles. The monoisotopic (exact) mass is 186 g/mol. The van der Waals surface area contributed by atoms with Crippen LogP contribution in [0.1, 0.15) is 25.7 Å². The van der Waals surface area contributed by atoms with Gasteiger partial charge in [-0.2, -0.15) is 0 Å². The summed E-state index contributed by atoms with van der Waals surface area (Å²) in [5.41, 5.74) is 0. The number of hydrogen-bond donors (Lipinski definition) is 0. The van der Waals surface area contributed by atoms with Crippen LogP contribution in [0.15, 0.2) is 60.8 Å². The molecule has 0 N–H and O–H groups in total. The van der Waals surface area contributed by atoms with Gasteiger partial charge in [0.05, 0.1) is 0 Å². The van der Waals surface area contributed by atoms with Crippen molar-refractivity contribution in [2.45, 2.75) is 25.7 Å². The zero-order chi connectivity index (χ0) is 9.90. The minimum atomic E-state index is 1.03. The maximum absolute atomic E-state index is 2.25. The molecule has 1 aliphatic rings. The van der Waals surface area contributed by atoms with E-state index in [2.05, 4.69) is 60.8 Å². The third-order valence-electron chi connectivity index (χ3n) is 1.98. The SMILES string of the molecule is C1=CCCC=CCC=CC/C=C/C=C/1. The lowest BCUT2D eigenvalue weighted by atomic mass is 10.2. The van der Waals surface area contributed by atoms with E-state index in [1.807, 2.05) is 0 Å². The van der Waals surface area contributed by atoms with Crippen LogP contribution in [-0.2, 0) is 0 Å². The Bertz CT molecular complexity index is 262. The minimum absolute atomic E-state index is 1.03. The van der Waals surface area contributed by atoms with Crippen molar-refractivity contribution in [1.82, 2.24) is 0 Å². The molecule has 0 unspecified atom stereocenters. The first-order valence-corrected chi connectivity index (χ1v) is 5.28. The Morgan fingerprint density at radius 2 is 1.00 bits per heavy atom. The van der Waals surface area contributed by atoms with Gasteiger partial charge in [0, 0.05) is 0 Å². The van der Waals surface area contributed by atoms with E-state index in [0.717, 1.165) is 25.7 Å². The maximum Gasteiger partial charge on any atom is -0.0166 e. The van der Waals surface area contributed by atoms with Crippen molar-refractivity contribution in [3.63, 3.8) is 0 Å². The van der Waals surface area contributed by atoms with Gasteiger partial charge in [-0.25, -0.2) is 0 Å². The second kappa shape index (κ2) is 8.31. The Labute approximate surface area is 87.0 Å². The summed E-state index contributed by atoms with van der Waals surface area (Å²) >= 11 is 0. The highest BCUT2D eigenvalue weighted by Gasteiger charge is 1.77. The number of rotatable bonds is 0. The molecule has 0 saturated heterocycles. The molecule has 74 valence electrons. The first kappa shape index (κ1) is 10.8. The third kappa shape index (κ3) is 6.24. The molecule has 0 aliphatic heterocycles. The molecule has 1 aliphatic carbocycles. The second-order valence-corrected chi connectivity index (χ2v) is 3.23. The van der Waals surface area contributed by atoms with Crippen molar-refractivity contribution in [2.24, 2.45) is 0 Å². The van der Waals surface area contributed by atoms with Gasteiger partial charge in [0.2, 0.25) is 0 Å². The van der Waals surface area contributed by atoms with Gasteiger partial charge in [-0.3, -0.25) is 0 Å². The van der Waals surface area contributed by atoms with Crippen LogP contribution in [0.2, 0.25) is 0 Å². The largest absolute Gasteiger partial charge is 0.0879 e. The molecule has 0 atom stereocenters. The highest BCUT2D eigenvalue weighted by molar-refractivity contribution is 5.12. The molecule has 0 fully saturated rings. The third-order valence-corrected chi connectivity index (χ3v) is 1.98. The van der Waals surface area contributed by atoms with Gasteiger partial charge in [-0.05, 0) is 25.7 Å². The smallest absolute Gasteiger partial charge is 0.0166 e. The fraction of sp³-hybridized carbons (Fsp3) is 0.286. The van der Waals surface area contributed by atoms with E-state index in [1.54, 1.807) is 0 Å². The van der Waals surface area contributed by atoms with E-state index in [-0.39, 0.29) is 0 Å². The van der Waals surface area contributed by atoms with Crippen molar-refractivity contribution in [3.8, 4) is 0 Å². The Balaban J connectivity index is 2.45. The normalized spacial score (nSPS) is 22.9. The molecule has 0 radical (unpaired) electrons. The van der Waals surface area contributed by atoms with Crippen molar-refractivity contribution < 1.29 is 0 Å². The lowest BCUT2D eigenvalue weighted by Crippen LogP contribution is -1.66. The summed E-state index contributed by atoms with van der Waals surface area (Å²) < 4.78 is 0. The van der Waals surface area contributed by atoms with Gasteiger partial charge in [0.15, 0.2) is 0 Å². The van der Waals surface area contributed by atoms with E-state index in [0.29, 0.717) is 0 Å². The fourth-order valence-electron chi connectivity index (χ4n) is 1.22. The average molecular weight is 186 g/mol. The summed E-state index contributed by atoms with van der Waals surface area (Å²) in [5.74, 6) is 0. The molecule has 0 aromatic heterocycles. The minimum Gasteiger partial charge on any atom is -0.0879 e. The van der Waals surface area contributed by atoms with Crippen LogP contribution >= 0.6 is 0 Å². The molecule has 0 aromatic rings. The Morgan fingerprint density at radius 1 is 0.429 bits per heavy atom. The number of hydrogen-bond acceptors (Lipinski definition) is 0. The summed E-state index contributed by atoms with van der Waals surface area (Å²) in [7, 11) is 0. The van der Waals surface area contributed by atoms with Gasteiger partial charge in [0.1, 0.15) is 0 Å². The Kier molecular flexibility index (Phi) is 6.39. The van der Waals surface area contributed by atoms with Crippen molar-refractivity contribution >= 4 is 0 Å². The number of allylic oxidation sites excluding steroid dienone is 10. The first-order valence-electron chi connectivity index (χ1n) is 5.28. The lowest BCUT2D eigenvalue weighted by Gasteiger charge is -1.87. The summed E-state index contributed by atoms with van der Waals surface area (Å²) in [5, 5.41) is 0. The highest BCUT2D eigenvalue weighted by atomic mass is 13.8. The molecule has 1 rings (SSSR count). The molecule has 0 amide bonds. The van der Waals surface area contributed by atoms with Crippen LogP contribution in [0.5, 0.6) is 0 Å². The van der Waals surface area contributed by atoms with Crippen LogP contribution in [0, 0.1) is 0 Å². The Hall–Kier alpha value is -1.30. The van der Waals surface area contributed by atoms with Crippen LogP contribution in [0.3, 0.4) is 0 Å². The van der Waals surface area contributed by atoms with Crippen LogP contribution in [0.25, 0.3) is 0 Å². The highest BCUT2D eigenvalue weighted by Crippen LogP contribution is 1.97. The first-order chi connectivity index (χ1) is 7.00. The predicted molar refractivity (Wildman–Crippen MR) is 64.2 cm³/mol. The van der Waals surface area contributed by atoms with Gasteiger partial charge < -0.3 is 0 Å². The lowest BCUT2D eigenvalue weighted by molar-refractivity contribution is 1.04. The summed E-state index contributed by atoms with van der Waals surface area (Å²) in [6.45, 7) is 0. The van der Waals surface area contributed by atoms with E-state index in [1.165, 1.54) is 0 Å². The fourth-order valence-corrected chi connectivity index (χ4v) is 1.22. The van der Waals surface area contributed by atoms with Crippen molar-refractivity contribution in [1.29, 1.82) is 0 Å². The van der Waals surface area contributed by atoms with E-state index in [9.17, 15) is 0 Å². The molecule has 0 saturated carbocycles. The summed E-state index contributed by atoms with van der Waals surface area (Å²) in [4.78, 5) is 0. The second-order valence-electron chi connectivity index (χ2n) is 3.23. The quantitative estimate of drug-likeness (QED) is 0.494. The van der Waals surface area contributed by atoms with Gasteiger partial charge in [-0.15, -0.1) is 0 Å². The van der Waals surface area contributed by atoms with Gasteiger partial charge >= 0.3 is 0 Å². The molecular weight excluding hydrogens is 168 g/mol. The van der Waals surface area contributed by atoms with Crippen LogP contribution < -0.4 is 0 Å². The zero-order valence-electron chi connectivity index (χ0n) is 8.60. The molecule has 14 heavy (non-hydrogen) atoms. The standard InChI is InChI=1S/C14H18/c1-2-4-6-8-10-12-14-13-11-9-7-5-3-1/h1-6,9,11-12,14H,7-8,10,13H2/b2-1+,5-3+,6-4?,11-9?,14-12?. The van der Waals surface area contributed by atoms with Crippen LogP contribution in [0.4, 0.5) is 0 Å². The predicted octanol–water partition coefficient (Wildman–Crippen LogP) is 4.34. The van der Waals surface area contributed by atoms with Gasteiger partial charge in [-0.1, -0.05) is 60.8 Å². The summed E-state index contributed by atoms with van der Waals surface area (Å²) in [6.07, 6.45) is 26.0. The average Bonchev–Trinajstić information content (AvgIpc) is 2.22. The molecular formula is C14H18.